The lowest BCUT2D eigenvalue weighted by Gasteiger charge is -2.37. The van der Waals surface area contributed by atoms with E-state index in [-0.39, 0.29) is 11.4 Å². The lowest BCUT2D eigenvalue weighted by atomic mass is 9.75. The summed E-state index contributed by atoms with van der Waals surface area (Å²) in [5, 5.41) is 3.20. The van der Waals surface area contributed by atoms with Gasteiger partial charge in [0.1, 0.15) is 0 Å². The second-order valence-corrected chi connectivity index (χ2v) is 6.17. The molecule has 3 unspecified atom stereocenters. The summed E-state index contributed by atoms with van der Waals surface area (Å²) in [7, 11) is 0. The van der Waals surface area contributed by atoms with Gasteiger partial charge in [0, 0.05) is 18.0 Å². The number of rotatable bonds is 4. The zero-order valence-corrected chi connectivity index (χ0v) is 11.2. The summed E-state index contributed by atoms with van der Waals surface area (Å²) in [5.41, 5.74) is 5.92. The van der Waals surface area contributed by atoms with Crippen molar-refractivity contribution in [2.24, 2.45) is 17.6 Å². The molecular formula is C14H26N2O. The molecule has 3 nitrogen and oxygen atoms in total. The van der Waals surface area contributed by atoms with Gasteiger partial charge >= 0.3 is 0 Å². The van der Waals surface area contributed by atoms with Crippen LogP contribution >= 0.6 is 0 Å². The second kappa shape index (κ2) is 4.97. The van der Waals surface area contributed by atoms with Crippen molar-refractivity contribution >= 4 is 5.91 Å². The minimum absolute atomic E-state index is 0.167. The molecule has 0 radical (unpaired) electrons. The van der Waals surface area contributed by atoms with Crippen molar-refractivity contribution in [2.75, 3.05) is 0 Å². The molecule has 3 atom stereocenters. The molecule has 2 aliphatic rings. The lowest BCUT2D eigenvalue weighted by molar-refractivity contribution is -0.124. The van der Waals surface area contributed by atoms with E-state index in [0.29, 0.717) is 18.4 Å². The maximum absolute atomic E-state index is 12.0. The zero-order valence-electron chi connectivity index (χ0n) is 11.2. The highest BCUT2D eigenvalue weighted by Crippen LogP contribution is 2.35. The molecule has 3 heteroatoms. The normalized spacial score (nSPS) is 35.4. The van der Waals surface area contributed by atoms with Gasteiger partial charge in [-0.15, -0.1) is 0 Å². The predicted molar refractivity (Wildman–Crippen MR) is 69.5 cm³/mol. The highest BCUT2D eigenvalue weighted by Gasteiger charge is 2.37. The fourth-order valence-corrected chi connectivity index (χ4v) is 3.41. The van der Waals surface area contributed by atoms with Gasteiger partial charge in [0.15, 0.2) is 0 Å². The van der Waals surface area contributed by atoms with Crippen molar-refractivity contribution in [1.29, 1.82) is 0 Å². The minimum atomic E-state index is -0.184. The van der Waals surface area contributed by atoms with Crippen molar-refractivity contribution in [3.05, 3.63) is 0 Å². The molecule has 0 aromatic heterocycles. The first-order valence-corrected chi connectivity index (χ1v) is 7.12. The number of amides is 1. The molecule has 0 aromatic carbocycles. The lowest BCUT2D eigenvalue weighted by Crippen LogP contribution is -2.51. The van der Waals surface area contributed by atoms with E-state index in [1.54, 1.807) is 0 Å². The van der Waals surface area contributed by atoms with E-state index < -0.39 is 0 Å². The first-order chi connectivity index (χ1) is 8.04. The van der Waals surface area contributed by atoms with E-state index >= 15 is 0 Å². The van der Waals surface area contributed by atoms with Gasteiger partial charge in [-0.3, -0.25) is 4.79 Å². The SMILES string of the molecule is CCC1CCC(NC(=O)CC2(N)CCC2)C1C. The molecule has 2 saturated carbocycles. The van der Waals surface area contributed by atoms with Crippen LogP contribution in [-0.2, 0) is 4.79 Å². The molecule has 2 rings (SSSR count). The highest BCUT2D eigenvalue weighted by molar-refractivity contribution is 5.77. The van der Waals surface area contributed by atoms with Crippen molar-refractivity contribution in [3.8, 4) is 0 Å². The highest BCUT2D eigenvalue weighted by atomic mass is 16.1. The third kappa shape index (κ3) is 2.82. The Morgan fingerprint density at radius 1 is 1.41 bits per heavy atom. The Labute approximate surface area is 105 Å². The van der Waals surface area contributed by atoms with Gasteiger partial charge in [-0.2, -0.15) is 0 Å². The Bertz CT molecular complexity index is 286. The summed E-state index contributed by atoms with van der Waals surface area (Å²) in [6.45, 7) is 4.52. The van der Waals surface area contributed by atoms with Gasteiger partial charge < -0.3 is 11.1 Å². The molecule has 3 N–H and O–H groups in total. The van der Waals surface area contributed by atoms with E-state index in [4.69, 9.17) is 5.73 Å². The Morgan fingerprint density at radius 3 is 2.59 bits per heavy atom. The van der Waals surface area contributed by atoms with E-state index in [0.717, 1.165) is 25.2 Å². The van der Waals surface area contributed by atoms with Crippen molar-refractivity contribution in [1.82, 2.24) is 5.32 Å². The number of carbonyl (C=O) groups is 1. The van der Waals surface area contributed by atoms with Crippen LogP contribution in [0.2, 0.25) is 0 Å². The smallest absolute Gasteiger partial charge is 0.222 e. The molecule has 1 amide bonds. The molecule has 2 aliphatic carbocycles. The summed E-state index contributed by atoms with van der Waals surface area (Å²) in [4.78, 5) is 12.0. The first-order valence-electron chi connectivity index (χ1n) is 7.12. The van der Waals surface area contributed by atoms with Crippen LogP contribution in [0.15, 0.2) is 0 Å². The van der Waals surface area contributed by atoms with Crippen LogP contribution in [0.25, 0.3) is 0 Å². The number of hydrogen-bond donors (Lipinski definition) is 2. The van der Waals surface area contributed by atoms with Gasteiger partial charge in [0.25, 0.3) is 0 Å². The molecule has 0 aromatic rings. The van der Waals surface area contributed by atoms with Gasteiger partial charge in [-0.1, -0.05) is 20.3 Å². The van der Waals surface area contributed by atoms with Crippen LogP contribution in [0.1, 0.15) is 58.8 Å². The topological polar surface area (TPSA) is 55.1 Å². The molecule has 2 fully saturated rings. The zero-order chi connectivity index (χ0) is 12.5. The monoisotopic (exact) mass is 238 g/mol. The maximum atomic E-state index is 12.0. The molecule has 0 spiro atoms. The predicted octanol–water partition coefficient (Wildman–Crippen LogP) is 2.20. The van der Waals surface area contributed by atoms with Gasteiger partial charge in [0.2, 0.25) is 5.91 Å². The number of carbonyl (C=O) groups excluding carboxylic acids is 1. The largest absolute Gasteiger partial charge is 0.353 e. The van der Waals surface area contributed by atoms with Crippen molar-refractivity contribution in [2.45, 2.75) is 70.4 Å². The molecule has 0 saturated heterocycles. The summed E-state index contributed by atoms with van der Waals surface area (Å²) < 4.78 is 0. The van der Waals surface area contributed by atoms with E-state index in [2.05, 4.69) is 19.2 Å². The van der Waals surface area contributed by atoms with Crippen molar-refractivity contribution < 1.29 is 4.79 Å². The van der Waals surface area contributed by atoms with Crippen LogP contribution in [-0.4, -0.2) is 17.5 Å². The third-order valence-electron chi connectivity index (χ3n) is 4.96. The Balaban J connectivity index is 1.79. The molecule has 17 heavy (non-hydrogen) atoms. The number of nitrogens with one attached hydrogen (secondary N) is 1. The van der Waals surface area contributed by atoms with Crippen molar-refractivity contribution in [3.63, 3.8) is 0 Å². The van der Waals surface area contributed by atoms with Gasteiger partial charge in [-0.05, 0) is 43.9 Å². The standard InChI is InChI=1S/C14H26N2O/c1-3-11-5-6-12(10(11)2)16-13(17)9-14(15)7-4-8-14/h10-12H,3-9,15H2,1-2H3,(H,16,17). The summed E-state index contributed by atoms with van der Waals surface area (Å²) in [6.07, 6.45) is 7.36. The average molecular weight is 238 g/mol. The minimum Gasteiger partial charge on any atom is -0.353 e. The van der Waals surface area contributed by atoms with Crippen LogP contribution in [0.5, 0.6) is 0 Å². The summed E-state index contributed by atoms with van der Waals surface area (Å²) in [6, 6.07) is 0.385. The fourth-order valence-electron chi connectivity index (χ4n) is 3.41. The second-order valence-electron chi connectivity index (χ2n) is 6.17. The number of hydrogen-bond acceptors (Lipinski definition) is 2. The third-order valence-corrected chi connectivity index (χ3v) is 4.96. The van der Waals surface area contributed by atoms with Crippen LogP contribution in [0.4, 0.5) is 0 Å². The quantitative estimate of drug-likeness (QED) is 0.789. The fraction of sp³-hybridized carbons (Fsp3) is 0.929. The first kappa shape index (κ1) is 12.9. The van der Waals surface area contributed by atoms with E-state index in [1.807, 2.05) is 0 Å². The average Bonchev–Trinajstić information content (AvgIpc) is 2.58. The Kier molecular flexibility index (Phi) is 3.76. The van der Waals surface area contributed by atoms with E-state index in [9.17, 15) is 4.79 Å². The molecule has 0 bridgehead atoms. The van der Waals surface area contributed by atoms with Gasteiger partial charge in [0.05, 0.1) is 0 Å². The Hall–Kier alpha value is -0.570. The Morgan fingerprint density at radius 2 is 2.12 bits per heavy atom. The molecule has 0 heterocycles. The number of nitrogens with two attached hydrogens (primary N) is 1. The molecule has 98 valence electrons. The van der Waals surface area contributed by atoms with Gasteiger partial charge in [-0.25, -0.2) is 0 Å². The summed E-state index contributed by atoms with van der Waals surface area (Å²) >= 11 is 0. The van der Waals surface area contributed by atoms with E-state index in [1.165, 1.54) is 19.3 Å². The maximum Gasteiger partial charge on any atom is 0.222 e. The van der Waals surface area contributed by atoms with Crippen LogP contribution < -0.4 is 11.1 Å². The molecular weight excluding hydrogens is 212 g/mol. The van der Waals surface area contributed by atoms with Crippen LogP contribution in [0, 0.1) is 11.8 Å². The van der Waals surface area contributed by atoms with Crippen LogP contribution in [0.3, 0.4) is 0 Å². The molecule has 0 aliphatic heterocycles. The summed E-state index contributed by atoms with van der Waals surface area (Å²) in [5.74, 6) is 1.58.